The Balaban J connectivity index is 2.67. The van der Waals surface area contributed by atoms with Gasteiger partial charge in [0.1, 0.15) is 0 Å². The van der Waals surface area contributed by atoms with Crippen molar-refractivity contribution in [2.45, 2.75) is 19.8 Å². The second-order valence-corrected chi connectivity index (χ2v) is 4.67. The molecule has 0 bridgehead atoms. The lowest BCUT2D eigenvalue weighted by molar-refractivity contribution is -0.124. The van der Waals surface area contributed by atoms with Crippen LogP contribution in [0.4, 0.5) is 5.69 Å². The third kappa shape index (κ3) is 5.43. The average Bonchev–Trinajstić information content (AvgIpc) is 2.47. The molecular weight excluding hydrogens is 296 g/mol. The Morgan fingerprint density at radius 3 is 2.57 bits per heavy atom. The van der Waals surface area contributed by atoms with Gasteiger partial charge in [-0.3, -0.25) is 9.59 Å². The van der Waals surface area contributed by atoms with Crippen LogP contribution in [0.2, 0.25) is 5.02 Å². The number of carbonyl (C=O) groups is 3. The number of amides is 2. The smallest absolute Gasteiger partial charge is 0.337 e. The summed E-state index contributed by atoms with van der Waals surface area (Å²) in [6, 6.07) is 4.39. The zero-order chi connectivity index (χ0) is 15.8. The first-order chi connectivity index (χ1) is 9.97. The van der Waals surface area contributed by atoms with Crippen molar-refractivity contribution < 1.29 is 19.1 Å². The molecule has 6 nitrogen and oxygen atoms in total. The maximum absolute atomic E-state index is 11.7. The Labute approximate surface area is 127 Å². The van der Waals surface area contributed by atoms with E-state index in [1.165, 1.54) is 25.3 Å². The Hall–Kier alpha value is -2.08. The van der Waals surface area contributed by atoms with Crippen molar-refractivity contribution in [3.63, 3.8) is 0 Å². The highest BCUT2D eigenvalue weighted by Crippen LogP contribution is 2.23. The first kappa shape index (κ1) is 17.0. The van der Waals surface area contributed by atoms with Gasteiger partial charge in [-0.1, -0.05) is 18.5 Å². The van der Waals surface area contributed by atoms with Gasteiger partial charge in [0, 0.05) is 6.42 Å². The van der Waals surface area contributed by atoms with Crippen LogP contribution in [-0.4, -0.2) is 31.4 Å². The van der Waals surface area contributed by atoms with E-state index in [4.69, 9.17) is 11.6 Å². The number of methoxy groups -OCH3 is 1. The van der Waals surface area contributed by atoms with Crippen molar-refractivity contribution in [2.24, 2.45) is 0 Å². The van der Waals surface area contributed by atoms with Crippen molar-refractivity contribution >= 4 is 35.1 Å². The summed E-state index contributed by atoms with van der Waals surface area (Å²) in [6.45, 7) is 1.72. The summed E-state index contributed by atoms with van der Waals surface area (Å²) in [4.78, 5) is 34.4. The zero-order valence-corrected chi connectivity index (χ0v) is 12.6. The quantitative estimate of drug-likeness (QED) is 0.787. The second-order valence-electron chi connectivity index (χ2n) is 4.26. The predicted octanol–water partition coefficient (Wildman–Crippen LogP) is 1.98. The minimum Gasteiger partial charge on any atom is -0.465 e. The summed E-state index contributed by atoms with van der Waals surface area (Å²) in [5.41, 5.74) is 0.557. The number of halogens is 1. The third-order valence-corrected chi connectivity index (χ3v) is 2.91. The van der Waals surface area contributed by atoms with Crippen LogP contribution in [0.3, 0.4) is 0 Å². The molecule has 1 aromatic carbocycles. The maximum atomic E-state index is 11.7. The number of rotatable bonds is 6. The first-order valence-electron chi connectivity index (χ1n) is 6.42. The van der Waals surface area contributed by atoms with Crippen molar-refractivity contribution in [3.8, 4) is 0 Å². The molecule has 21 heavy (non-hydrogen) atoms. The average molecular weight is 313 g/mol. The van der Waals surface area contributed by atoms with Gasteiger partial charge in [-0.05, 0) is 24.6 Å². The minimum absolute atomic E-state index is 0.155. The molecule has 7 heteroatoms. The minimum atomic E-state index is -0.529. The summed E-state index contributed by atoms with van der Waals surface area (Å²) < 4.78 is 4.59. The van der Waals surface area contributed by atoms with E-state index < -0.39 is 11.9 Å². The molecule has 2 amide bonds. The van der Waals surface area contributed by atoms with Gasteiger partial charge in [0.2, 0.25) is 11.8 Å². The van der Waals surface area contributed by atoms with Crippen LogP contribution in [0, 0.1) is 0 Å². The van der Waals surface area contributed by atoms with E-state index in [0.29, 0.717) is 12.8 Å². The largest absolute Gasteiger partial charge is 0.465 e. The number of hydrogen-bond acceptors (Lipinski definition) is 4. The van der Waals surface area contributed by atoms with Crippen molar-refractivity contribution in [3.05, 3.63) is 28.8 Å². The molecular formula is C14H17ClN2O4. The fourth-order valence-electron chi connectivity index (χ4n) is 1.55. The lowest BCUT2D eigenvalue weighted by Gasteiger charge is -2.09. The summed E-state index contributed by atoms with van der Waals surface area (Å²) in [5, 5.41) is 5.31. The molecule has 0 spiro atoms. The second kappa shape index (κ2) is 8.26. The Morgan fingerprint density at radius 1 is 1.24 bits per heavy atom. The molecule has 0 atom stereocenters. The Bertz CT molecular complexity index is 546. The van der Waals surface area contributed by atoms with Crippen LogP contribution in [-0.2, 0) is 14.3 Å². The van der Waals surface area contributed by atoms with Crippen molar-refractivity contribution in [2.75, 3.05) is 19.0 Å². The topological polar surface area (TPSA) is 84.5 Å². The lowest BCUT2D eigenvalue weighted by Crippen LogP contribution is -2.32. The third-order valence-electron chi connectivity index (χ3n) is 2.58. The molecule has 1 rings (SSSR count). The molecule has 114 valence electrons. The Kier molecular flexibility index (Phi) is 6.68. The van der Waals surface area contributed by atoms with Crippen molar-refractivity contribution in [1.29, 1.82) is 0 Å². The lowest BCUT2D eigenvalue weighted by atomic mass is 10.2. The molecule has 0 heterocycles. The van der Waals surface area contributed by atoms with Gasteiger partial charge in [-0.2, -0.15) is 0 Å². The first-order valence-corrected chi connectivity index (χ1v) is 6.80. The van der Waals surface area contributed by atoms with E-state index in [-0.39, 0.29) is 28.7 Å². The van der Waals surface area contributed by atoms with Gasteiger partial charge in [-0.25, -0.2) is 4.79 Å². The summed E-state index contributed by atoms with van der Waals surface area (Å²) in [6.07, 6.45) is 1.08. The van der Waals surface area contributed by atoms with E-state index in [1.807, 2.05) is 6.92 Å². The molecule has 0 aliphatic heterocycles. The molecule has 1 aromatic rings. The van der Waals surface area contributed by atoms with E-state index in [1.54, 1.807) is 0 Å². The highest BCUT2D eigenvalue weighted by molar-refractivity contribution is 6.33. The van der Waals surface area contributed by atoms with Crippen LogP contribution >= 0.6 is 11.6 Å². The van der Waals surface area contributed by atoms with Crippen LogP contribution in [0.15, 0.2) is 18.2 Å². The van der Waals surface area contributed by atoms with Gasteiger partial charge >= 0.3 is 5.97 Å². The molecule has 0 radical (unpaired) electrons. The summed E-state index contributed by atoms with van der Waals surface area (Å²) >= 11 is 5.95. The monoisotopic (exact) mass is 312 g/mol. The number of esters is 1. The molecule has 2 N–H and O–H groups in total. The molecule has 0 unspecified atom stereocenters. The fraction of sp³-hybridized carbons (Fsp3) is 0.357. The molecule has 0 saturated carbocycles. The van der Waals surface area contributed by atoms with Gasteiger partial charge in [0.15, 0.2) is 0 Å². The molecule has 0 aromatic heterocycles. The fourth-order valence-corrected chi connectivity index (χ4v) is 1.72. The Morgan fingerprint density at radius 2 is 1.95 bits per heavy atom. The van der Waals surface area contributed by atoms with Crippen molar-refractivity contribution in [1.82, 2.24) is 5.32 Å². The number of ether oxygens (including phenoxy) is 1. The van der Waals surface area contributed by atoms with Crippen LogP contribution in [0.1, 0.15) is 30.1 Å². The SMILES string of the molecule is CCCC(=O)NCC(=O)Nc1cc(C(=O)OC)ccc1Cl. The van der Waals surface area contributed by atoms with Gasteiger partial charge in [0.05, 0.1) is 29.9 Å². The number of anilines is 1. The standard InChI is InChI=1S/C14H17ClN2O4/c1-3-4-12(18)16-8-13(19)17-11-7-9(14(20)21-2)5-6-10(11)15/h5-7H,3-4,8H2,1-2H3,(H,16,18)(H,17,19). The van der Waals surface area contributed by atoms with E-state index >= 15 is 0 Å². The van der Waals surface area contributed by atoms with Gasteiger partial charge in [-0.15, -0.1) is 0 Å². The molecule has 0 aliphatic rings. The van der Waals surface area contributed by atoms with E-state index in [2.05, 4.69) is 15.4 Å². The highest BCUT2D eigenvalue weighted by Gasteiger charge is 2.11. The highest BCUT2D eigenvalue weighted by atomic mass is 35.5. The van der Waals surface area contributed by atoms with Gasteiger partial charge < -0.3 is 15.4 Å². The number of hydrogen-bond donors (Lipinski definition) is 2. The molecule has 0 aliphatic carbocycles. The normalized spacial score (nSPS) is 9.86. The summed E-state index contributed by atoms with van der Waals surface area (Å²) in [5.74, 6) is -1.15. The van der Waals surface area contributed by atoms with E-state index in [0.717, 1.165) is 0 Å². The van der Waals surface area contributed by atoms with Crippen LogP contribution in [0.25, 0.3) is 0 Å². The van der Waals surface area contributed by atoms with Crippen LogP contribution in [0.5, 0.6) is 0 Å². The number of carbonyl (C=O) groups excluding carboxylic acids is 3. The summed E-state index contributed by atoms with van der Waals surface area (Å²) in [7, 11) is 1.26. The number of nitrogens with one attached hydrogen (secondary N) is 2. The van der Waals surface area contributed by atoms with Crippen LogP contribution < -0.4 is 10.6 Å². The maximum Gasteiger partial charge on any atom is 0.337 e. The van der Waals surface area contributed by atoms with E-state index in [9.17, 15) is 14.4 Å². The number of benzene rings is 1. The molecule has 0 fully saturated rings. The zero-order valence-electron chi connectivity index (χ0n) is 11.9. The van der Waals surface area contributed by atoms with Gasteiger partial charge in [0.25, 0.3) is 0 Å². The molecule has 0 saturated heterocycles. The predicted molar refractivity (Wildman–Crippen MR) is 79.3 cm³/mol.